The standard InChI is InChI=1S/C21H31N3O2.2ClH/c1-26-18-7-4-6-17(12-18)24-10-9-15(14-24)13-22-21(25)20-11-16-5-2-3-8-19(16)23-20;;/h4,6-7,12,15-16,19-20,23H,2-3,5,8-11,13-14H2,1H3,(H,22,25);2*1H. The van der Waals surface area contributed by atoms with Crippen LogP contribution < -0.4 is 20.3 Å². The maximum atomic E-state index is 12.6. The first-order chi connectivity index (χ1) is 12.7. The summed E-state index contributed by atoms with van der Waals surface area (Å²) in [4.78, 5) is 15.0. The van der Waals surface area contributed by atoms with Gasteiger partial charge in [-0.25, -0.2) is 0 Å². The zero-order valence-electron chi connectivity index (χ0n) is 16.6. The van der Waals surface area contributed by atoms with Crippen LogP contribution in [-0.2, 0) is 4.79 Å². The van der Waals surface area contributed by atoms with Gasteiger partial charge in [0, 0.05) is 37.4 Å². The van der Waals surface area contributed by atoms with Crippen LogP contribution in [0, 0.1) is 11.8 Å². The molecule has 158 valence electrons. The maximum Gasteiger partial charge on any atom is 0.237 e. The Bertz CT molecular complexity index is 632. The molecule has 4 unspecified atom stereocenters. The Morgan fingerprint density at radius 3 is 2.86 bits per heavy atom. The second-order valence-corrected chi connectivity index (χ2v) is 8.15. The topological polar surface area (TPSA) is 53.6 Å². The normalized spacial score (nSPS) is 28.7. The fourth-order valence-corrected chi connectivity index (χ4v) is 4.93. The number of carbonyl (C=O) groups is 1. The molecule has 2 heterocycles. The van der Waals surface area contributed by atoms with Crippen molar-refractivity contribution in [2.45, 2.75) is 50.6 Å². The van der Waals surface area contributed by atoms with Crippen molar-refractivity contribution in [3.8, 4) is 5.75 Å². The average molecular weight is 430 g/mol. The Morgan fingerprint density at radius 1 is 1.25 bits per heavy atom. The molecule has 5 nitrogen and oxygen atoms in total. The Balaban J connectivity index is 0.00000140. The Labute approximate surface area is 180 Å². The number of halogens is 2. The third-order valence-electron chi connectivity index (χ3n) is 6.45. The molecule has 3 fully saturated rings. The number of carbonyl (C=O) groups excluding carboxylic acids is 1. The summed E-state index contributed by atoms with van der Waals surface area (Å²) in [5.74, 6) is 2.34. The summed E-state index contributed by atoms with van der Waals surface area (Å²) in [6, 6.07) is 8.84. The van der Waals surface area contributed by atoms with E-state index in [1.54, 1.807) is 7.11 Å². The number of rotatable bonds is 5. The zero-order valence-corrected chi connectivity index (χ0v) is 18.2. The molecular formula is C21H33Cl2N3O2. The van der Waals surface area contributed by atoms with Crippen LogP contribution in [0.15, 0.2) is 24.3 Å². The van der Waals surface area contributed by atoms with Crippen molar-refractivity contribution in [2.24, 2.45) is 11.8 Å². The second-order valence-electron chi connectivity index (χ2n) is 8.15. The van der Waals surface area contributed by atoms with Crippen molar-refractivity contribution in [2.75, 3.05) is 31.6 Å². The molecule has 2 N–H and O–H groups in total. The lowest BCUT2D eigenvalue weighted by Gasteiger charge is -2.24. The highest BCUT2D eigenvalue weighted by Crippen LogP contribution is 2.33. The van der Waals surface area contributed by atoms with Crippen LogP contribution in [0.5, 0.6) is 5.75 Å². The van der Waals surface area contributed by atoms with E-state index in [2.05, 4.69) is 27.7 Å². The van der Waals surface area contributed by atoms with Crippen LogP contribution in [0.1, 0.15) is 38.5 Å². The molecular weight excluding hydrogens is 397 g/mol. The number of anilines is 1. The van der Waals surface area contributed by atoms with E-state index in [1.165, 1.54) is 31.4 Å². The van der Waals surface area contributed by atoms with E-state index in [0.29, 0.717) is 12.0 Å². The number of fused-ring (bicyclic) bond motifs is 1. The van der Waals surface area contributed by atoms with Crippen LogP contribution >= 0.6 is 24.8 Å². The molecule has 3 aliphatic rings. The average Bonchev–Trinajstić information content (AvgIpc) is 3.33. The molecule has 0 spiro atoms. The van der Waals surface area contributed by atoms with Gasteiger partial charge >= 0.3 is 0 Å². The van der Waals surface area contributed by atoms with E-state index >= 15 is 0 Å². The minimum atomic E-state index is 0. The number of ether oxygens (including phenoxy) is 1. The fourth-order valence-electron chi connectivity index (χ4n) is 4.93. The highest BCUT2D eigenvalue weighted by atomic mass is 35.5. The van der Waals surface area contributed by atoms with Crippen molar-refractivity contribution in [1.82, 2.24) is 10.6 Å². The van der Waals surface area contributed by atoms with Crippen molar-refractivity contribution in [3.63, 3.8) is 0 Å². The number of nitrogens with one attached hydrogen (secondary N) is 2. The maximum absolute atomic E-state index is 12.6. The molecule has 2 saturated heterocycles. The lowest BCUT2D eigenvalue weighted by Crippen LogP contribution is -2.44. The highest BCUT2D eigenvalue weighted by Gasteiger charge is 2.38. The Kier molecular flexibility index (Phi) is 8.72. The number of nitrogens with zero attached hydrogens (tertiary/aromatic N) is 1. The van der Waals surface area contributed by atoms with Gasteiger partial charge in [0.25, 0.3) is 0 Å². The van der Waals surface area contributed by atoms with Gasteiger partial charge in [-0.05, 0) is 49.7 Å². The van der Waals surface area contributed by atoms with Crippen molar-refractivity contribution >= 4 is 36.4 Å². The molecule has 0 aromatic heterocycles. The van der Waals surface area contributed by atoms with Crippen LogP contribution in [0.3, 0.4) is 0 Å². The molecule has 1 aromatic rings. The smallest absolute Gasteiger partial charge is 0.237 e. The van der Waals surface area contributed by atoms with Crippen LogP contribution in [0.2, 0.25) is 0 Å². The molecule has 4 atom stereocenters. The number of benzene rings is 1. The first kappa shape index (κ1) is 23.1. The van der Waals surface area contributed by atoms with Gasteiger partial charge in [0.05, 0.1) is 13.2 Å². The molecule has 1 saturated carbocycles. The monoisotopic (exact) mass is 429 g/mol. The minimum Gasteiger partial charge on any atom is -0.497 e. The van der Waals surface area contributed by atoms with Crippen LogP contribution in [0.25, 0.3) is 0 Å². The van der Waals surface area contributed by atoms with Crippen molar-refractivity contribution in [1.29, 1.82) is 0 Å². The van der Waals surface area contributed by atoms with E-state index in [0.717, 1.165) is 44.1 Å². The summed E-state index contributed by atoms with van der Waals surface area (Å²) in [5, 5.41) is 6.80. The number of methoxy groups -OCH3 is 1. The van der Waals surface area contributed by atoms with Gasteiger partial charge in [0.2, 0.25) is 5.91 Å². The summed E-state index contributed by atoms with van der Waals surface area (Å²) >= 11 is 0. The predicted octanol–water partition coefficient (Wildman–Crippen LogP) is 3.40. The third-order valence-corrected chi connectivity index (χ3v) is 6.45. The van der Waals surface area contributed by atoms with Gasteiger partial charge in [-0.3, -0.25) is 4.79 Å². The summed E-state index contributed by atoms with van der Waals surface area (Å²) in [7, 11) is 1.70. The van der Waals surface area contributed by atoms with Gasteiger partial charge < -0.3 is 20.3 Å². The fraction of sp³-hybridized carbons (Fsp3) is 0.667. The van der Waals surface area contributed by atoms with Gasteiger partial charge in [-0.2, -0.15) is 0 Å². The third kappa shape index (κ3) is 5.25. The molecule has 4 rings (SSSR count). The first-order valence-corrected chi connectivity index (χ1v) is 10.2. The molecule has 1 aliphatic carbocycles. The molecule has 1 amide bonds. The van der Waals surface area contributed by atoms with Gasteiger partial charge in [-0.15, -0.1) is 24.8 Å². The molecule has 2 aliphatic heterocycles. The SMILES string of the molecule is COc1cccc(N2CCC(CNC(=O)C3CC4CCCCC4N3)C2)c1.Cl.Cl. The Hall–Kier alpha value is -1.17. The van der Waals surface area contributed by atoms with E-state index in [1.807, 2.05) is 12.1 Å². The summed E-state index contributed by atoms with van der Waals surface area (Å²) in [6.07, 6.45) is 7.33. The van der Waals surface area contributed by atoms with Gasteiger partial charge in [-0.1, -0.05) is 18.9 Å². The summed E-state index contributed by atoms with van der Waals surface area (Å²) in [5.41, 5.74) is 1.21. The largest absolute Gasteiger partial charge is 0.497 e. The van der Waals surface area contributed by atoms with Gasteiger partial charge in [0.15, 0.2) is 0 Å². The van der Waals surface area contributed by atoms with E-state index < -0.39 is 0 Å². The number of hydrogen-bond acceptors (Lipinski definition) is 4. The molecule has 0 radical (unpaired) electrons. The quantitative estimate of drug-likeness (QED) is 0.752. The van der Waals surface area contributed by atoms with Crippen LogP contribution in [-0.4, -0.2) is 44.7 Å². The highest BCUT2D eigenvalue weighted by molar-refractivity contribution is 5.85. The molecule has 0 bridgehead atoms. The van der Waals surface area contributed by atoms with Crippen molar-refractivity contribution < 1.29 is 9.53 Å². The Morgan fingerprint density at radius 2 is 2.07 bits per heavy atom. The van der Waals surface area contributed by atoms with Crippen molar-refractivity contribution in [3.05, 3.63) is 24.3 Å². The van der Waals surface area contributed by atoms with E-state index in [9.17, 15) is 4.79 Å². The zero-order chi connectivity index (χ0) is 17.9. The second kappa shape index (κ2) is 10.6. The van der Waals surface area contributed by atoms with Crippen LogP contribution in [0.4, 0.5) is 5.69 Å². The molecule has 7 heteroatoms. The molecule has 28 heavy (non-hydrogen) atoms. The lowest BCUT2D eigenvalue weighted by atomic mass is 9.85. The first-order valence-electron chi connectivity index (χ1n) is 10.2. The van der Waals surface area contributed by atoms with E-state index in [4.69, 9.17) is 4.74 Å². The van der Waals surface area contributed by atoms with Gasteiger partial charge in [0.1, 0.15) is 5.75 Å². The summed E-state index contributed by atoms with van der Waals surface area (Å²) < 4.78 is 5.33. The lowest BCUT2D eigenvalue weighted by molar-refractivity contribution is -0.123. The number of hydrogen-bond donors (Lipinski definition) is 2. The number of amides is 1. The predicted molar refractivity (Wildman–Crippen MR) is 118 cm³/mol. The summed E-state index contributed by atoms with van der Waals surface area (Å²) in [6.45, 7) is 2.82. The molecule has 1 aromatic carbocycles. The minimum absolute atomic E-state index is 0. The van der Waals surface area contributed by atoms with E-state index in [-0.39, 0.29) is 36.8 Å².